The molecule has 96 valence electrons. The maximum Gasteiger partial charge on any atom is 0.226 e. The van der Waals surface area contributed by atoms with Gasteiger partial charge in [-0.3, -0.25) is 4.79 Å². The van der Waals surface area contributed by atoms with E-state index in [0.29, 0.717) is 11.5 Å². The van der Waals surface area contributed by atoms with Crippen LogP contribution in [-0.4, -0.2) is 28.6 Å². The molecule has 0 aliphatic heterocycles. The molecule has 2 heterocycles. The summed E-state index contributed by atoms with van der Waals surface area (Å²) in [6.07, 6.45) is 1.26. The molecule has 2 aromatic rings. The maximum atomic E-state index is 11.5. The smallest absolute Gasteiger partial charge is 0.226 e. The molecule has 6 heteroatoms. The van der Waals surface area contributed by atoms with Gasteiger partial charge in [0.1, 0.15) is 0 Å². The van der Waals surface area contributed by atoms with Crippen molar-refractivity contribution in [2.45, 2.75) is 19.4 Å². The van der Waals surface area contributed by atoms with Crippen molar-refractivity contribution < 1.29 is 14.3 Å². The third-order valence-electron chi connectivity index (χ3n) is 2.22. The van der Waals surface area contributed by atoms with Crippen LogP contribution in [0, 0.1) is 0 Å². The third kappa shape index (κ3) is 3.41. The summed E-state index contributed by atoms with van der Waals surface area (Å²) < 4.78 is 5.23. The minimum Gasteiger partial charge on any atom is -0.462 e. The number of nitrogens with one attached hydrogen (secondary N) is 1. The zero-order valence-electron chi connectivity index (χ0n) is 9.92. The minimum atomic E-state index is -0.539. The molecule has 0 aromatic carbocycles. The molecule has 0 saturated carbocycles. The second-order valence-corrected chi connectivity index (χ2v) is 4.81. The minimum absolute atomic E-state index is 0.146. The first kappa shape index (κ1) is 12.8. The first-order valence-corrected chi connectivity index (χ1v) is 6.46. The number of hydrogen-bond acceptors (Lipinski definition) is 5. The molecule has 0 aliphatic rings. The summed E-state index contributed by atoms with van der Waals surface area (Å²) in [4.78, 5) is 15.9. The molecule has 1 amide bonds. The second-order valence-electron chi connectivity index (χ2n) is 3.95. The number of aliphatic hydroxyl groups is 1. The Morgan fingerprint density at radius 2 is 2.50 bits per heavy atom. The van der Waals surface area contributed by atoms with Gasteiger partial charge in [-0.05, 0) is 19.1 Å². The van der Waals surface area contributed by atoms with Crippen LogP contribution in [0.15, 0.2) is 28.2 Å². The van der Waals surface area contributed by atoms with Crippen LogP contribution in [0.1, 0.15) is 12.6 Å². The highest BCUT2D eigenvalue weighted by Crippen LogP contribution is 2.23. The number of aliphatic hydroxyl groups excluding tert-OH is 1. The van der Waals surface area contributed by atoms with Crippen LogP contribution in [0.5, 0.6) is 0 Å². The van der Waals surface area contributed by atoms with Crippen LogP contribution in [0.3, 0.4) is 0 Å². The first-order chi connectivity index (χ1) is 8.65. The molecule has 5 nitrogen and oxygen atoms in total. The van der Waals surface area contributed by atoms with E-state index in [9.17, 15) is 4.79 Å². The van der Waals surface area contributed by atoms with Crippen molar-refractivity contribution in [3.05, 3.63) is 29.5 Å². The van der Waals surface area contributed by atoms with Crippen LogP contribution < -0.4 is 5.32 Å². The largest absolute Gasteiger partial charge is 0.462 e. The Morgan fingerprint density at radius 1 is 1.67 bits per heavy atom. The summed E-state index contributed by atoms with van der Waals surface area (Å²) in [6, 6.07) is 3.63. The van der Waals surface area contributed by atoms with Gasteiger partial charge in [-0.2, -0.15) is 0 Å². The topological polar surface area (TPSA) is 75.4 Å². The molecule has 0 unspecified atom stereocenters. The number of nitrogens with zero attached hydrogens (tertiary/aromatic N) is 1. The van der Waals surface area contributed by atoms with Crippen molar-refractivity contribution in [1.29, 1.82) is 0 Å². The number of aromatic nitrogens is 1. The maximum absolute atomic E-state index is 11.5. The van der Waals surface area contributed by atoms with Gasteiger partial charge in [-0.25, -0.2) is 4.98 Å². The number of furan rings is 1. The Kier molecular flexibility index (Phi) is 4.11. The molecule has 2 aromatic heterocycles. The van der Waals surface area contributed by atoms with Gasteiger partial charge in [0, 0.05) is 11.9 Å². The van der Waals surface area contributed by atoms with Crippen molar-refractivity contribution in [3.63, 3.8) is 0 Å². The quantitative estimate of drug-likeness (QED) is 0.858. The van der Waals surface area contributed by atoms with Crippen molar-refractivity contribution >= 4 is 17.2 Å². The van der Waals surface area contributed by atoms with E-state index >= 15 is 0 Å². The predicted octanol–water partition coefficient (Wildman–Crippen LogP) is 1.44. The van der Waals surface area contributed by atoms with E-state index in [1.54, 1.807) is 19.3 Å². The Hall–Kier alpha value is -1.66. The van der Waals surface area contributed by atoms with E-state index in [1.165, 1.54) is 11.3 Å². The van der Waals surface area contributed by atoms with Gasteiger partial charge in [0.25, 0.3) is 0 Å². The van der Waals surface area contributed by atoms with E-state index < -0.39 is 6.10 Å². The summed E-state index contributed by atoms with van der Waals surface area (Å²) in [5.41, 5.74) is 0.703. The molecule has 1 atom stereocenters. The molecular formula is C12H14N2O3S. The fourth-order valence-corrected chi connectivity index (χ4v) is 2.18. The van der Waals surface area contributed by atoms with Crippen LogP contribution in [-0.2, 0) is 11.2 Å². The molecule has 2 rings (SSSR count). The third-order valence-corrected chi connectivity index (χ3v) is 3.13. The molecular weight excluding hydrogens is 252 g/mol. The lowest BCUT2D eigenvalue weighted by molar-refractivity contribution is -0.120. The number of rotatable bonds is 5. The van der Waals surface area contributed by atoms with E-state index in [0.717, 1.165) is 5.01 Å². The summed E-state index contributed by atoms with van der Waals surface area (Å²) in [6.45, 7) is 1.88. The van der Waals surface area contributed by atoms with Crippen molar-refractivity contribution in [3.8, 4) is 10.8 Å². The molecule has 0 radical (unpaired) electrons. The lowest BCUT2D eigenvalue weighted by Crippen LogP contribution is -2.31. The van der Waals surface area contributed by atoms with E-state index in [2.05, 4.69) is 10.3 Å². The second kappa shape index (κ2) is 5.79. The summed E-state index contributed by atoms with van der Waals surface area (Å²) >= 11 is 1.44. The Labute approximate surface area is 108 Å². The van der Waals surface area contributed by atoms with E-state index in [-0.39, 0.29) is 18.9 Å². The highest BCUT2D eigenvalue weighted by molar-refractivity contribution is 7.13. The van der Waals surface area contributed by atoms with Gasteiger partial charge in [0.2, 0.25) is 5.91 Å². The van der Waals surface area contributed by atoms with Gasteiger partial charge < -0.3 is 14.8 Å². The zero-order valence-corrected chi connectivity index (χ0v) is 10.7. The first-order valence-electron chi connectivity index (χ1n) is 5.58. The van der Waals surface area contributed by atoms with E-state index in [4.69, 9.17) is 9.52 Å². The number of hydrogen-bond donors (Lipinski definition) is 2. The lowest BCUT2D eigenvalue weighted by Gasteiger charge is -2.05. The van der Waals surface area contributed by atoms with Gasteiger partial charge in [0.05, 0.1) is 24.5 Å². The Bertz CT molecular complexity index is 505. The number of carbonyl (C=O) groups excluding carboxylic acids is 1. The normalized spacial score (nSPS) is 12.3. The number of thiazole rings is 1. The van der Waals surface area contributed by atoms with Gasteiger partial charge >= 0.3 is 0 Å². The molecule has 18 heavy (non-hydrogen) atoms. The summed E-state index contributed by atoms with van der Waals surface area (Å²) in [5, 5.41) is 14.3. The van der Waals surface area contributed by atoms with Crippen LogP contribution in [0.2, 0.25) is 0 Å². The molecule has 0 aliphatic carbocycles. The van der Waals surface area contributed by atoms with E-state index in [1.807, 2.05) is 11.4 Å². The fraction of sp³-hybridized carbons (Fsp3) is 0.333. The summed E-state index contributed by atoms with van der Waals surface area (Å²) in [5.74, 6) is 0.558. The van der Waals surface area contributed by atoms with Crippen molar-refractivity contribution in [1.82, 2.24) is 10.3 Å². The fourth-order valence-electron chi connectivity index (χ4n) is 1.39. The zero-order chi connectivity index (χ0) is 13.0. The molecule has 0 bridgehead atoms. The molecule has 0 spiro atoms. The van der Waals surface area contributed by atoms with Gasteiger partial charge in [-0.1, -0.05) is 0 Å². The lowest BCUT2D eigenvalue weighted by atomic mass is 10.3. The average Bonchev–Trinajstić information content (AvgIpc) is 2.95. The monoisotopic (exact) mass is 266 g/mol. The highest BCUT2D eigenvalue weighted by atomic mass is 32.1. The number of amides is 1. The Morgan fingerprint density at radius 3 is 3.17 bits per heavy atom. The van der Waals surface area contributed by atoms with Crippen LogP contribution in [0.25, 0.3) is 10.8 Å². The summed E-state index contributed by atoms with van der Waals surface area (Å²) in [7, 11) is 0. The van der Waals surface area contributed by atoms with Gasteiger partial charge in [0.15, 0.2) is 10.8 Å². The van der Waals surface area contributed by atoms with Crippen molar-refractivity contribution in [2.24, 2.45) is 0 Å². The standard InChI is InChI=1S/C12H14N2O3S/c1-8(15)6-13-11(16)5-9-7-18-12(14-9)10-3-2-4-17-10/h2-4,7-8,15H,5-6H2,1H3,(H,13,16)/t8-/m1/s1. The highest BCUT2D eigenvalue weighted by Gasteiger charge is 2.10. The van der Waals surface area contributed by atoms with Gasteiger partial charge in [-0.15, -0.1) is 11.3 Å². The Balaban J connectivity index is 1.93. The predicted molar refractivity (Wildman–Crippen MR) is 68.2 cm³/mol. The number of carbonyl (C=O) groups is 1. The molecule has 0 fully saturated rings. The van der Waals surface area contributed by atoms with Crippen LogP contribution >= 0.6 is 11.3 Å². The molecule has 0 saturated heterocycles. The molecule has 2 N–H and O–H groups in total. The van der Waals surface area contributed by atoms with Crippen LogP contribution in [0.4, 0.5) is 0 Å². The average molecular weight is 266 g/mol. The SMILES string of the molecule is C[C@@H](O)CNC(=O)Cc1csc(-c2ccco2)n1. The van der Waals surface area contributed by atoms with Crippen molar-refractivity contribution in [2.75, 3.05) is 6.54 Å².